The molecule has 2 fully saturated rings. The Bertz CT molecular complexity index is 201. The number of morpholine rings is 1. The van der Waals surface area contributed by atoms with Crippen molar-refractivity contribution in [3.63, 3.8) is 0 Å². The second-order valence-corrected chi connectivity index (χ2v) is 4.71. The first kappa shape index (κ1) is 11.3. The second-order valence-electron chi connectivity index (χ2n) is 4.71. The Labute approximate surface area is 91.8 Å². The molecule has 2 aliphatic rings. The Morgan fingerprint density at radius 1 is 1.40 bits per heavy atom. The fourth-order valence-corrected chi connectivity index (χ4v) is 2.72. The molecule has 4 heteroatoms. The average Bonchev–Trinajstić information content (AvgIpc) is 2.29. The predicted octanol–water partition coefficient (Wildman–Crippen LogP) is -0.226. The molecule has 0 aromatic carbocycles. The summed E-state index contributed by atoms with van der Waals surface area (Å²) in [5.74, 6) is 0. The lowest BCUT2D eigenvalue weighted by Crippen LogP contribution is -2.56. The number of piperidine rings is 1. The molecule has 0 saturated carbocycles. The lowest BCUT2D eigenvalue weighted by Gasteiger charge is -2.43. The molecule has 2 rings (SSSR count). The van der Waals surface area contributed by atoms with Crippen LogP contribution in [-0.4, -0.2) is 73.5 Å². The van der Waals surface area contributed by atoms with Crippen molar-refractivity contribution in [2.45, 2.75) is 24.9 Å². The van der Waals surface area contributed by atoms with E-state index < -0.39 is 0 Å². The Balaban J connectivity index is 1.94. The quantitative estimate of drug-likeness (QED) is 0.689. The van der Waals surface area contributed by atoms with Crippen LogP contribution in [0.25, 0.3) is 0 Å². The molecule has 2 atom stereocenters. The zero-order valence-corrected chi connectivity index (χ0v) is 9.56. The van der Waals surface area contributed by atoms with E-state index in [1.165, 1.54) is 19.4 Å². The van der Waals surface area contributed by atoms with E-state index in [4.69, 9.17) is 4.74 Å². The molecule has 0 radical (unpaired) electrons. The number of rotatable bonds is 2. The van der Waals surface area contributed by atoms with Gasteiger partial charge in [0.25, 0.3) is 0 Å². The molecule has 15 heavy (non-hydrogen) atoms. The van der Waals surface area contributed by atoms with Gasteiger partial charge in [-0.2, -0.15) is 0 Å². The van der Waals surface area contributed by atoms with Gasteiger partial charge in [-0.3, -0.25) is 4.90 Å². The third kappa shape index (κ3) is 2.69. The molecule has 1 N–H and O–H groups in total. The molecular weight excluding hydrogens is 192 g/mol. The van der Waals surface area contributed by atoms with E-state index in [2.05, 4.69) is 16.8 Å². The first-order valence-corrected chi connectivity index (χ1v) is 5.94. The molecule has 2 unspecified atom stereocenters. The van der Waals surface area contributed by atoms with Crippen LogP contribution in [0.15, 0.2) is 0 Å². The number of nitrogens with zero attached hydrogens (tertiary/aromatic N) is 2. The number of hydrogen-bond donors (Lipinski definition) is 1. The number of hydrogen-bond acceptors (Lipinski definition) is 4. The van der Waals surface area contributed by atoms with Crippen LogP contribution >= 0.6 is 0 Å². The van der Waals surface area contributed by atoms with Gasteiger partial charge in [-0.1, -0.05) is 0 Å². The van der Waals surface area contributed by atoms with E-state index in [0.717, 1.165) is 19.7 Å². The van der Waals surface area contributed by atoms with E-state index in [0.29, 0.717) is 12.6 Å². The molecular formula is C11H22N2O2. The summed E-state index contributed by atoms with van der Waals surface area (Å²) in [5, 5.41) is 9.32. The normalized spacial score (nSPS) is 35.6. The van der Waals surface area contributed by atoms with Gasteiger partial charge in [0.2, 0.25) is 0 Å². The first-order chi connectivity index (χ1) is 7.31. The van der Waals surface area contributed by atoms with E-state index in [1.807, 2.05) is 0 Å². The van der Waals surface area contributed by atoms with Crippen LogP contribution in [0.4, 0.5) is 0 Å². The SMILES string of the molecule is CN1CCCC(N2CCOCC2CO)C1. The van der Waals surface area contributed by atoms with Crippen molar-refractivity contribution >= 4 is 0 Å². The van der Waals surface area contributed by atoms with Crippen LogP contribution in [0.3, 0.4) is 0 Å². The van der Waals surface area contributed by atoms with Crippen LogP contribution < -0.4 is 0 Å². The van der Waals surface area contributed by atoms with Crippen LogP contribution in [0.1, 0.15) is 12.8 Å². The second kappa shape index (κ2) is 5.25. The van der Waals surface area contributed by atoms with Gasteiger partial charge in [-0.25, -0.2) is 0 Å². The number of ether oxygens (including phenoxy) is 1. The van der Waals surface area contributed by atoms with Gasteiger partial charge >= 0.3 is 0 Å². The van der Waals surface area contributed by atoms with Gasteiger partial charge in [-0.15, -0.1) is 0 Å². The third-order valence-electron chi connectivity index (χ3n) is 3.55. The van der Waals surface area contributed by atoms with Crippen molar-refractivity contribution < 1.29 is 9.84 Å². The van der Waals surface area contributed by atoms with Crippen LogP contribution in [0, 0.1) is 0 Å². The standard InChI is InChI=1S/C11H22N2O2/c1-12-4-2-3-10(7-12)13-5-6-15-9-11(13)8-14/h10-11,14H,2-9H2,1H3. The van der Waals surface area contributed by atoms with E-state index >= 15 is 0 Å². The highest BCUT2D eigenvalue weighted by atomic mass is 16.5. The van der Waals surface area contributed by atoms with Crippen molar-refractivity contribution in [3.05, 3.63) is 0 Å². The fourth-order valence-electron chi connectivity index (χ4n) is 2.72. The van der Waals surface area contributed by atoms with E-state index in [9.17, 15) is 5.11 Å². The zero-order valence-electron chi connectivity index (χ0n) is 9.56. The van der Waals surface area contributed by atoms with Gasteiger partial charge in [0.05, 0.1) is 25.9 Å². The predicted molar refractivity (Wildman–Crippen MR) is 58.9 cm³/mol. The molecule has 0 aromatic rings. The molecule has 88 valence electrons. The van der Waals surface area contributed by atoms with E-state index in [1.54, 1.807) is 0 Å². The van der Waals surface area contributed by atoms with Crippen LogP contribution in [-0.2, 0) is 4.74 Å². The van der Waals surface area contributed by atoms with Crippen LogP contribution in [0.2, 0.25) is 0 Å². The Kier molecular flexibility index (Phi) is 3.97. The Morgan fingerprint density at radius 3 is 3.00 bits per heavy atom. The van der Waals surface area contributed by atoms with Gasteiger partial charge in [0, 0.05) is 19.1 Å². The van der Waals surface area contributed by atoms with Gasteiger partial charge < -0.3 is 14.7 Å². The summed E-state index contributed by atoms with van der Waals surface area (Å²) in [4.78, 5) is 4.83. The molecule has 0 spiro atoms. The largest absolute Gasteiger partial charge is 0.395 e. The number of aliphatic hydroxyl groups is 1. The summed E-state index contributed by atoms with van der Waals surface area (Å²) in [7, 11) is 2.18. The van der Waals surface area contributed by atoms with Crippen molar-refractivity contribution in [3.8, 4) is 0 Å². The molecule has 0 bridgehead atoms. The number of likely N-dealkylation sites (N-methyl/N-ethyl adjacent to an activating group) is 1. The van der Waals surface area contributed by atoms with Crippen molar-refractivity contribution in [1.82, 2.24) is 9.80 Å². The van der Waals surface area contributed by atoms with Crippen molar-refractivity contribution in [2.24, 2.45) is 0 Å². The Hall–Kier alpha value is -0.160. The topological polar surface area (TPSA) is 35.9 Å². The number of aliphatic hydroxyl groups excluding tert-OH is 1. The average molecular weight is 214 g/mol. The molecule has 0 aliphatic carbocycles. The fraction of sp³-hybridized carbons (Fsp3) is 1.00. The minimum Gasteiger partial charge on any atom is -0.395 e. The van der Waals surface area contributed by atoms with Gasteiger partial charge in [0.1, 0.15) is 0 Å². The maximum absolute atomic E-state index is 9.32. The summed E-state index contributed by atoms with van der Waals surface area (Å²) in [5.41, 5.74) is 0. The summed E-state index contributed by atoms with van der Waals surface area (Å²) in [6.45, 7) is 5.05. The highest BCUT2D eigenvalue weighted by molar-refractivity contribution is 4.85. The van der Waals surface area contributed by atoms with Gasteiger partial charge in [0.15, 0.2) is 0 Å². The zero-order chi connectivity index (χ0) is 10.7. The number of likely N-dealkylation sites (tertiary alicyclic amines) is 1. The molecule has 2 saturated heterocycles. The maximum atomic E-state index is 9.32. The molecule has 2 heterocycles. The van der Waals surface area contributed by atoms with E-state index in [-0.39, 0.29) is 12.6 Å². The lowest BCUT2D eigenvalue weighted by atomic mass is 10.0. The van der Waals surface area contributed by atoms with Gasteiger partial charge in [-0.05, 0) is 26.4 Å². The van der Waals surface area contributed by atoms with Crippen LogP contribution in [0.5, 0.6) is 0 Å². The third-order valence-corrected chi connectivity index (χ3v) is 3.55. The monoisotopic (exact) mass is 214 g/mol. The first-order valence-electron chi connectivity index (χ1n) is 5.94. The molecule has 4 nitrogen and oxygen atoms in total. The minimum absolute atomic E-state index is 0.218. The molecule has 0 amide bonds. The summed E-state index contributed by atoms with van der Waals surface area (Å²) < 4.78 is 5.41. The highest BCUT2D eigenvalue weighted by Gasteiger charge is 2.30. The van der Waals surface area contributed by atoms with Crippen molar-refractivity contribution in [2.75, 3.05) is 46.5 Å². The summed E-state index contributed by atoms with van der Waals surface area (Å²) in [6, 6.07) is 0.833. The highest BCUT2D eigenvalue weighted by Crippen LogP contribution is 2.19. The minimum atomic E-state index is 0.218. The smallest absolute Gasteiger partial charge is 0.0644 e. The molecule has 0 aromatic heterocycles. The summed E-state index contributed by atoms with van der Waals surface area (Å²) >= 11 is 0. The van der Waals surface area contributed by atoms with Crippen molar-refractivity contribution in [1.29, 1.82) is 0 Å². The molecule has 2 aliphatic heterocycles. The maximum Gasteiger partial charge on any atom is 0.0644 e. The summed E-state index contributed by atoms with van der Waals surface area (Å²) in [6.07, 6.45) is 2.54. The lowest BCUT2D eigenvalue weighted by molar-refractivity contribution is -0.0582. The Morgan fingerprint density at radius 2 is 2.27 bits per heavy atom.